The third-order valence-corrected chi connectivity index (χ3v) is 8.02. The minimum atomic E-state index is -0.540. The molecule has 2 aromatic rings. The van der Waals surface area contributed by atoms with Crippen LogP contribution in [0.1, 0.15) is 55.8 Å². The van der Waals surface area contributed by atoms with E-state index in [1.165, 1.54) is 43.2 Å². The van der Waals surface area contributed by atoms with Gasteiger partial charge in [0.1, 0.15) is 0 Å². The van der Waals surface area contributed by atoms with E-state index in [9.17, 15) is 0 Å². The van der Waals surface area contributed by atoms with Gasteiger partial charge in [0.05, 0.1) is 0 Å². The molecule has 0 bridgehead atoms. The van der Waals surface area contributed by atoms with Crippen LogP contribution in [0.25, 0.3) is 0 Å². The lowest BCUT2D eigenvalue weighted by Gasteiger charge is -2.36. The predicted molar refractivity (Wildman–Crippen MR) is 97.2 cm³/mol. The van der Waals surface area contributed by atoms with Crippen LogP contribution in [0.2, 0.25) is 0 Å². The monoisotopic (exact) mass is 311 g/mol. The Morgan fingerprint density at radius 2 is 1.68 bits per heavy atom. The molecule has 0 aliphatic carbocycles. The molecule has 1 saturated heterocycles. The van der Waals surface area contributed by atoms with Gasteiger partial charge in [-0.3, -0.25) is 0 Å². The summed E-state index contributed by atoms with van der Waals surface area (Å²) in [6, 6.07) is 21.9. The van der Waals surface area contributed by atoms with Crippen LogP contribution >= 0.6 is 8.07 Å². The van der Waals surface area contributed by atoms with Crippen molar-refractivity contribution in [2.75, 3.05) is 0 Å². The second-order valence-electron chi connectivity index (χ2n) is 6.37. The Bertz CT molecular complexity index is 583. The Balaban J connectivity index is 1.94. The van der Waals surface area contributed by atoms with Gasteiger partial charge < -0.3 is 5.50 Å². The van der Waals surface area contributed by atoms with E-state index >= 15 is 0 Å². The molecule has 0 saturated carbocycles. The Kier molecular flexibility index (Phi) is 4.96. The summed E-state index contributed by atoms with van der Waals surface area (Å²) in [4.78, 5) is 0. The maximum absolute atomic E-state index is 6.93. The topological polar surface area (TPSA) is 26.0 Å². The minimum absolute atomic E-state index is 0.215. The van der Waals surface area contributed by atoms with Crippen LogP contribution in [0.4, 0.5) is 0 Å². The fourth-order valence-electron chi connectivity index (χ4n) is 3.85. The average molecular weight is 311 g/mol. The first-order valence-electron chi connectivity index (χ1n) is 8.42. The maximum Gasteiger partial charge on any atom is 0.0289 e. The zero-order valence-corrected chi connectivity index (χ0v) is 14.3. The minimum Gasteiger partial charge on any atom is -0.308 e. The summed E-state index contributed by atoms with van der Waals surface area (Å²) in [6.07, 6.45) is 6.21. The maximum atomic E-state index is 6.93. The lowest BCUT2D eigenvalue weighted by atomic mass is 9.88. The molecule has 1 nitrogen and oxygen atoms in total. The number of hydrogen-bond acceptors (Lipinski definition) is 1. The molecule has 2 aromatic carbocycles. The molecule has 22 heavy (non-hydrogen) atoms. The lowest BCUT2D eigenvalue weighted by molar-refractivity contribution is 0.505. The molecule has 1 aliphatic heterocycles. The molecule has 0 aromatic heterocycles. The van der Waals surface area contributed by atoms with Gasteiger partial charge in [0.2, 0.25) is 0 Å². The molecule has 0 amide bonds. The molecule has 3 rings (SSSR count). The highest BCUT2D eigenvalue weighted by molar-refractivity contribution is 7.57. The first-order chi connectivity index (χ1) is 10.8. The van der Waals surface area contributed by atoms with Crippen molar-refractivity contribution in [1.82, 2.24) is 0 Å². The summed E-state index contributed by atoms with van der Waals surface area (Å²) < 4.78 is 0. The van der Waals surface area contributed by atoms with Gasteiger partial charge in [0.25, 0.3) is 0 Å². The molecule has 2 N–H and O–H groups in total. The Morgan fingerprint density at radius 1 is 1.05 bits per heavy atom. The molecule has 0 spiro atoms. The van der Waals surface area contributed by atoms with Gasteiger partial charge in [0, 0.05) is 10.8 Å². The normalized spacial score (nSPS) is 27.9. The van der Waals surface area contributed by atoms with E-state index in [4.69, 9.17) is 5.50 Å². The quantitative estimate of drug-likeness (QED) is 0.677. The van der Waals surface area contributed by atoms with Crippen LogP contribution in [-0.2, 0) is 5.16 Å². The van der Waals surface area contributed by atoms with Gasteiger partial charge in [-0.1, -0.05) is 80.4 Å². The largest absolute Gasteiger partial charge is 0.308 e. The summed E-state index contributed by atoms with van der Waals surface area (Å²) in [5.41, 5.74) is 10.4. The van der Waals surface area contributed by atoms with E-state index < -0.39 is 8.07 Å². The summed E-state index contributed by atoms with van der Waals surface area (Å²) in [5, 5.41) is 0.215. The molecular weight excluding hydrogens is 285 g/mol. The summed E-state index contributed by atoms with van der Waals surface area (Å²) in [7, 11) is -0.540. The highest BCUT2D eigenvalue weighted by atomic mass is 31.1. The van der Waals surface area contributed by atoms with Crippen LogP contribution in [0.15, 0.2) is 60.7 Å². The zero-order chi connectivity index (χ0) is 15.4. The van der Waals surface area contributed by atoms with Crippen LogP contribution < -0.4 is 5.50 Å². The van der Waals surface area contributed by atoms with E-state index in [-0.39, 0.29) is 5.16 Å². The van der Waals surface area contributed by atoms with Crippen LogP contribution in [0.3, 0.4) is 0 Å². The first-order valence-corrected chi connectivity index (χ1v) is 9.90. The number of benzene rings is 2. The second kappa shape index (κ2) is 6.94. The fraction of sp³-hybridized carbons (Fsp3) is 0.400. The third kappa shape index (κ3) is 2.85. The summed E-state index contributed by atoms with van der Waals surface area (Å²) in [6.45, 7) is 2.28. The van der Waals surface area contributed by atoms with Crippen LogP contribution in [-0.4, -0.2) is 0 Å². The van der Waals surface area contributed by atoms with E-state index in [1.54, 1.807) is 0 Å². The van der Waals surface area contributed by atoms with Crippen molar-refractivity contribution >= 4 is 8.07 Å². The molecule has 1 heterocycles. The standard InChI is InChI=1S/C20H26NP/c1-2-3-15-20(18-12-8-5-9-13-18)16-14-19(22(20)21)17-10-6-4-7-11-17/h4-13,19H,2-3,14-16,21H2,1H3. The average Bonchev–Trinajstić information content (AvgIpc) is 2.92. The van der Waals surface area contributed by atoms with Gasteiger partial charge in [-0.2, -0.15) is 0 Å². The molecule has 3 atom stereocenters. The van der Waals surface area contributed by atoms with Crippen molar-refractivity contribution < 1.29 is 0 Å². The molecule has 1 fully saturated rings. The van der Waals surface area contributed by atoms with Crippen LogP contribution in [0, 0.1) is 0 Å². The molecule has 3 unspecified atom stereocenters. The second-order valence-corrected chi connectivity index (χ2v) is 8.67. The Morgan fingerprint density at radius 3 is 2.32 bits per heavy atom. The number of rotatable bonds is 5. The molecular formula is C20H26NP. The van der Waals surface area contributed by atoms with Gasteiger partial charge in [-0.05, 0) is 38.5 Å². The zero-order valence-electron chi connectivity index (χ0n) is 13.4. The molecule has 116 valence electrons. The number of hydrogen-bond donors (Lipinski definition) is 1. The predicted octanol–water partition coefficient (Wildman–Crippen LogP) is 5.96. The van der Waals surface area contributed by atoms with Gasteiger partial charge in [-0.25, -0.2) is 0 Å². The fourth-order valence-corrected chi connectivity index (χ4v) is 6.60. The smallest absolute Gasteiger partial charge is 0.0289 e. The first kappa shape index (κ1) is 15.7. The molecule has 1 aliphatic rings. The summed E-state index contributed by atoms with van der Waals surface area (Å²) in [5.74, 6) is 0. The van der Waals surface area contributed by atoms with Crippen molar-refractivity contribution in [1.29, 1.82) is 0 Å². The Labute approximate surface area is 135 Å². The molecule has 2 heteroatoms. The SMILES string of the molecule is CCCCC1(c2ccccc2)CCC(c2ccccc2)P1N. The number of unbranched alkanes of at least 4 members (excludes halogenated alkanes) is 1. The van der Waals surface area contributed by atoms with Crippen molar-refractivity contribution in [2.45, 2.75) is 49.8 Å². The lowest BCUT2D eigenvalue weighted by Crippen LogP contribution is -2.23. The van der Waals surface area contributed by atoms with Gasteiger partial charge >= 0.3 is 0 Å². The van der Waals surface area contributed by atoms with Gasteiger partial charge in [-0.15, -0.1) is 0 Å². The van der Waals surface area contributed by atoms with E-state index in [1.807, 2.05) is 0 Å². The highest BCUT2D eigenvalue weighted by Gasteiger charge is 2.47. The van der Waals surface area contributed by atoms with Crippen molar-refractivity contribution in [3.63, 3.8) is 0 Å². The van der Waals surface area contributed by atoms with E-state index in [0.29, 0.717) is 5.66 Å². The van der Waals surface area contributed by atoms with E-state index in [2.05, 4.69) is 67.6 Å². The highest BCUT2D eigenvalue weighted by Crippen LogP contribution is 2.70. The summed E-state index contributed by atoms with van der Waals surface area (Å²) >= 11 is 0. The van der Waals surface area contributed by atoms with Crippen LogP contribution in [0.5, 0.6) is 0 Å². The number of nitrogens with two attached hydrogens (primary N) is 1. The van der Waals surface area contributed by atoms with Crippen molar-refractivity contribution in [3.05, 3.63) is 71.8 Å². The van der Waals surface area contributed by atoms with Gasteiger partial charge in [0.15, 0.2) is 0 Å². The Hall–Kier alpha value is -1.17. The van der Waals surface area contributed by atoms with Crippen molar-refractivity contribution in [3.8, 4) is 0 Å². The molecule has 0 radical (unpaired) electrons. The van der Waals surface area contributed by atoms with E-state index in [0.717, 1.165) is 0 Å². The van der Waals surface area contributed by atoms with Crippen molar-refractivity contribution in [2.24, 2.45) is 5.50 Å². The third-order valence-electron chi connectivity index (χ3n) is 5.10.